The molecule has 1 saturated carbocycles. The van der Waals surface area contributed by atoms with E-state index >= 15 is 0 Å². The number of thioether (sulfide) groups is 1. The average molecular weight is 212 g/mol. The highest BCUT2D eigenvalue weighted by Gasteiger charge is 2.25. The van der Waals surface area contributed by atoms with Crippen LogP contribution in [-0.2, 0) is 0 Å². The molecular formula is C11H20N2S. The molecule has 0 aromatic rings. The molecule has 2 rings (SSSR count). The first-order valence-corrected chi connectivity index (χ1v) is 6.73. The lowest BCUT2D eigenvalue weighted by molar-refractivity contribution is 0.564. The fourth-order valence-corrected chi connectivity index (χ4v) is 3.00. The fourth-order valence-electron chi connectivity index (χ4n) is 1.83. The van der Waals surface area contributed by atoms with Gasteiger partial charge in [-0.25, -0.2) is 0 Å². The van der Waals surface area contributed by atoms with Crippen molar-refractivity contribution in [2.75, 3.05) is 5.75 Å². The minimum atomic E-state index is 0.565. The van der Waals surface area contributed by atoms with E-state index in [0.29, 0.717) is 12.1 Å². The van der Waals surface area contributed by atoms with Crippen molar-refractivity contribution in [1.29, 1.82) is 0 Å². The number of rotatable bonds is 4. The first-order chi connectivity index (χ1) is 6.78. The number of hydrogen-bond donors (Lipinski definition) is 1. The van der Waals surface area contributed by atoms with Crippen LogP contribution < -0.4 is 5.32 Å². The smallest absolute Gasteiger partial charge is 0.157 e. The molecule has 0 aromatic carbocycles. The monoisotopic (exact) mass is 212 g/mol. The maximum atomic E-state index is 4.64. The molecule has 2 nitrogen and oxygen atoms in total. The minimum Gasteiger partial charge on any atom is -0.362 e. The highest BCUT2D eigenvalue weighted by Crippen LogP contribution is 2.33. The van der Waals surface area contributed by atoms with Gasteiger partial charge < -0.3 is 5.32 Å². The van der Waals surface area contributed by atoms with Crippen molar-refractivity contribution in [1.82, 2.24) is 5.32 Å². The Morgan fingerprint density at radius 3 is 2.93 bits per heavy atom. The van der Waals surface area contributed by atoms with Crippen molar-refractivity contribution >= 4 is 16.9 Å². The van der Waals surface area contributed by atoms with E-state index in [-0.39, 0.29) is 0 Å². The first-order valence-electron chi connectivity index (χ1n) is 5.75. The molecule has 2 aliphatic rings. The Balaban J connectivity index is 1.73. The second kappa shape index (κ2) is 4.56. The van der Waals surface area contributed by atoms with Crippen LogP contribution in [0.5, 0.6) is 0 Å². The molecule has 80 valence electrons. The van der Waals surface area contributed by atoms with Gasteiger partial charge in [-0.15, -0.1) is 0 Å². The third-order valence-corrected chi connectivity index (χ3v) is 3.99. The van der Waals surface area contributed by atoms with Gasteiger partial charge in [0.15, 0.2) is 5.17 Å². The quantitative estimate of drug-likeness (QED) is 0.774. The SMILES string of the molecule is CCC1CSC(NC(C)CC2CC2)=N1. The fraction of sp³-hybridized carbons (Fsp3) is 0.909. The van der Waals surface area contributed by atoms with Crippen molar-refractivity contribution in [3.63, 3.8) is 0 Å². The molecule has 1 N–H and O–H groups in total. The maximum absolute atomic E-state index is 4.64. The summed E-state index contributed by atoms with van der Waals surface area (Å²) < 4.78 is 0. The van der Waals surface area contributed by atoms with Gasteiger partial charge in [0, 0.05) is 11.8 Å². The molecular weight excluding hydrogens is 192 g/mol. The minimum absolute atomic E-state index is 0.565. The standard InChI is InChI=1S/C11H20N2S/c1-3-10-7-14-11(13-10)12-8(2)6-9-4-5-9/h8-10H,3-7H2,1-2H3,(H,12,13). The van der Waals surface area contributed by atoms with Gasteiger partial charge in [-0.1, -0.05) is 31.5 Å². The van der Waals surface area contributed by atoms with Crippen LogP contribution in [0.3, 0.4) is 0 Å². The second-order valence-electron chi connectivity index (χ2n) is 4.53. The Bertz CT molecular complexity index is 223. The van der Waals surface area contributed by atoms with Gasteiger partial charge in [-0.2, -0.15) is 0 Å². The maximum Gasteiger partial charge on any atom is 0.157 e. The van der Waals surface area contributed by atoms with E-state index in [4.69, 9.17) is 0 Å². The van der Waals surface area contributed by atoms with Crippen LogP contribution in [0.2, 0.25) is 0 Å². The molecule has 1 heterocycles. The Morgan fingerprint density at radius 1 is 1.57 bits per heavy atom. The largest absolute Gasteiger partial charge is 0.362 e. The molecule has 1 fully saturated rings. The number of amidine groups is 1. The summed E-state index contributed by atoms with van der Waals surface area (Å²) >= 11 is 1.89. The van der Waals surface area contributed by atoms with E-state index in [1.807, 2.05) is 11.8 Å². The number of hydrogen-bond acceptors (Lipinski definition) is 3. The van der Waals surface area contributed by atoms with Gasteiger partial charge in [0.2, 0.25) is 0 Å². The summed E-state index contributed by atoms with van der Waals surface area (Å²) in [5.41, 5.74) is 0. The number of nitrogens with zero attached hydrogens (tertiary/aromatic N) is 1. The summed E-state index contributed by atoms with van der Waals surface area (Å²) in [5.74, 6) is 2.18. The van der Waals surface area contributed by atoms with Gasteiger partial charge in [-0.3, -0.25) is 4.99 Å². The molecule has 1 aliphatic carbocycles. The second-order valence-corrected chi connectivity index (χ2v) is 5.54. The molecule has 3 heteroatoms. The zero-order valence-electron chi connectivity index (χ0n) is 9.12. The summed E-state index contributed by atoms with van der Waals surface area (Å²) in [4.78, 5) is 4.64. The lowest BCUT2D eigenvalue weighted by atomic mass is 10.2. The predicted molar refractivity (Wildman–Crippen MR) is 63.9 cm³/mol. The third kappa shape index (κ3) is 2.91. The number of aliphatic imine (C=N–C) groups is 1. The van der Waals surface area contributed by atoms with Crippen LogP contribution in [0.15, 0.2) is 4.99 Å². The van der Waals surface area contributed by atoms with E-state index in [1.54, 1.807) is 0 Å². The van der Waals surface area contributed by atoms with Crippen LogP contribution in [-0.4, -0.2) is 23.0 Å². The Morgan fingerprint density at radius 2 is 2.36 bits per heavy atom. The van der Waals surface area contributed by atoms with E-state index in [2.05, 4.69) is 24.2 Å². The number of nitrogens with one attached hydrogen (secondary N) is 1. The van der Waals surface area contributed by atoms with Gasteiger partial charge in [-0.05, 0) is 25.7 Å². The highest BCUT2D eigenvalue weighted by molar-refractivity contribution is 8.14. The summed E-state index contributed by atoms with van der Waals surface area (Å²) in [6, 6.07) is 1.18. The molecule has 0 saturated heterocycles. The zero-order chi connectivity index (χ0) is 9.97. The Labute approximate surface area is 90.9 Å². The molecule has 0 spiro atoms. The Hall–Kier alpha value is -0.180. The summed E-state index contributed by atoms with van der Waals surface area (Å²) in [6.45, 7) is 4.49. The third-order valence-electron chi connectivity index (χ3n) is 2.94. The van der Waals surface area contributed by atoms with Gasteiger partial charge >= 0.3 is 0 Å². The summed E-state index contributed by atoms with van der Waals surface area (Å²) in [7, 11) is 0. The van der Waals surface area contributed by atoms with Gasteiger partial charge in [0.25, 0.3) is 0 Å². The summed E-state index contributed by atoms with van der Waals surface area (Å²) in [5, 5.41) is 4.71. The predicted octanol–water partition coefficient (Wildman–Crippen LogP) is 2.65. The molecule has 1 aliphatic heterocycles. The van der Waals surface area contributed by atoms with Crippen LogP contribution in [0.1, 0.15) is 39.5 Å². The van der Waals surface area contributed by atoms with E-state index < -0.39 is 0 Å². The van der Waals surface area contributed by atoms with Crippen molar-refractivity contribution in [3.05, 3.63) is 0 Å². The van der Waals surface area contributed by atoms with Crippen molar-refractivity contribution in [2.24, 2.45) is 10.9 Å². The van der Waals surface area contributed by atoms with Crippen molar-refractivity contribution < 1.29 is 0 Å². The average Bonchev–Trinajstić information content (AvgIpc) is 2.83. The van der Waals surface area contributed by atoms with Gasteiger partial charge in [0.1, 0.15) is 0 Å². The van der Waals surface area contributed by atoms with E-state index in [9.17, 15) is 0 Å². The molecule has 2 unspecified atom stereocenters. The normalized spacial score (nSPS) is 28.7. The highest BCUT2D eigenvalue weighted by atomic mass is 32.2. The van der Waals surface area contributed by atoms with Crippen LogP contribution in [0.25, 0.3) is 0 Å². The molecule has 0 aromatic heterocycles. The van der Waals surface area contributed by atoms with Crippen LogP contribution >= 0.6 is 11.8 Å². The van der Waals surface area contributed by atoms with Gasteiger partial charge in [0.05, 0.1) is 6.04 Å². The molecule has 0 bridgehead atoms. The molecule has 14 heavy (non-hydrogen) atoms. The molecule has 0 amide bonds. The summed E-state index contributed by atoms with van der Waals surface area (Å²) in [6.07, 6.45) is 5.40. The van der Waals surface area contributed by atoms with Crippen LogP contribution in [0, 0.1) is 5.92 Å². The topological polar surface area (TPSA) is 24.4 Å². The van der Waals surface area contributed by atoms with Crippen molar-refractivity contribution in [2.45, 2.75) is 51.6 Å². The van der Waals surface area contributed by atoms with Crippen molar-refractivity contribution in [3.8, 4) is 0 Å². The Kier molecular flexibility index (Phi) is 3.37. The molecule has 2 atom stereocenters. The van der Waals surface area contributed by atoms with E-state index in [0.717, 1.165) is 5.92 Å². The lowest BCUT2D eigenvalue weighted by Crippen LogP contribution is -2.30. The lowest BCUT2D eigenvalue weighted by Gasteiger charge is -2.13. The zero-order valence-corrected chi connectivity index (χ0v) is 9.94. The van der Waals surface area contributed by atoms with E-state index in [1.165, 1.54) is 36.6 Å². The van der Waals surface area contributed by atoms with Crippen LogP contribution in [0.4, 0.5) is 0 Å². The molecule has 0 radical (unpaired) electrons. The first kappa shape index (κ1) is 10.3.